The zero-order valence-electron chi connectivity index (χ0n) is 12.7. The number of carbonyl (C=O) groups excluding carboxylic acids is 1. The third kappa shape index (κ3) is 3.30. The quantitative estimate of drug-likeness (QED) is 0.795. The Morgan fingerprint density at radius 1 is 1.41 bits per heavy atom. The molecular formula is C15H20FNO4S. The highest BCUT2D eigenvalue weighted by molar-refractivity contribution is 7.89. The summed E-state index contributed by atoms with van der Waals surface area (Å²) in [6.45, 7) is 3.72. The van der Waals surface area contributed by atoms with Gasteiger partial charge in [-0.3, -0.25) is 4.79 Å². The van der Waals surface area contributed by atoms with Crippen LogP contribution in [0.2, 0.25) is 0 Å². The summed E-state index contributed by atoms with van der Waals surface area (Å²) in [5.74, 6) is -1.37. The van der Waals surface area contributed by atoms with Gasteiger partial charge in [0.2, 0.25) is 10.0 Å². The highest BCUT2D eigenvalue weighted by atomic mass is 32.2. The molecule has 1 heterocycles. The van der Waals surface area contributed by atoms with E-state index in [4.69, 9.17) is 4.74 Å². The highest BCUT2D eigenvalue weighted by Gasteiger charge is 2.39. The summed E-state index contributed by atoms with van der Waals surface area (Å²) in [4.78, 5) is 11.6. The van der Waals surface area contributed by atoms with E-state index in [1.54, 1.807) is 19.9 Å². The van der Waals surface area contributed by atoms with Crippen molar-refractivity contribution in [1.29, 1.82) is 0 Å². The number of piperidine rings is 1. The lowest BCUT2D eigenvalue weighted by Crippen LogP contribution is -2.48. The van der Waals surface area contributed by atoms with E-state index >= 15 is 0 Å². The van der Waals surface area contributed by atoms with Gasteiger partial charge in [-0.15, -0.1) is 0 Å². The highest BCUT2D eigenvalue weighted by Crippen LogP contribution is 2.27. The maximum Gasteiger partial charge on any atom is 0.324 e. The van der Waals surface area contributed by atoms with Crippen LogP contribution in [0.25, 0.3) is 0 Å². The van der Waals surface area contributed by atoms with E-state index in [2.05, 4.69) is 0 Å². The molecule has 1 aliphatic rings. The molecular weight excluding hydrogens is 309 g/mol. The first-order valence-electron chi connectivity index (χ1n) is 7.32. The smallest absolute Gasteiger partial charge is 0.324 e. The average molecular weight is 329 g/mol. The fourth-order valence-corrected chi connectivity index (χ4v) is 4.30. The number of sulfonamides is 1. The van der Waals surface area contributed by atoms with Crippen molar-refractivity contribution < 1.29 is 22.3 Å². The van der Waals surface area contributed by atoms with Crippen LogP contribution in [0.1, 0.15) is 31.7 Å². The molecule has 0 aliphatic carbocycles. The molecule has 2 rings (SSSR count). The van der Waals surface area contributed by atoms with Gasteiger partial charge in [0.15, 0.2) is 0 Å². The monoisotopic (exact) mass is 329 g/mol. The van der Waals surface area contributed by atoms with Gasteiger partial charge in [-0.25, -0.2) is 12.8 Å². The largest absolute Gasteiger partial charge is 0.465 e. The fraction of sp³-hybridized carbons (Fsp3) is 0.533. The molecule has 0 spiro atoms. The van der Waals surface area contributed by atoms with E-state index in [0.29, 0.717) is 18.4 Å². The topological polar surface area (TPSA) is 63.7 Å². The van der Waals surface area contributed by atoms with E-state index in [-0.39, 0.29) is 13.2 Å². The molecule has 0 radical (unpaired) electrons. The minimum absolute atomic E-state index is 0.183. The standard InChI is InChI=1S/C15H20FNO4S/c1-3-21-15(18)13-6-4-5-9-17(13)22(19,20)14-8-7-11(2)10-12(14)16/h7-8,10,13H,3-6,9H2,1-2H3. The molecule has 1 unspecified atom stereocenters. The summed E-state index contributed by atoms with van der Waals surface area (Å²) in [6.07, 6.45) is 1.78. The van der Waals surface area contributed by atoms with Gasteiger partial charge in [0, 0.05) is 6.54 Å². The fourth-order valence-electron chi connectivity index (χ4n) is 2.61. The van der Waals surface area contributed by atoms with Gasteiger partial charge in [0.05, 0.1) is 6.61 Å². The van der Waals surface area contributed by atoms with Crippen LogP contribution < -0.4 is 0 Å². The van der Waals surface area contributed by atoms with Crippen molar-refractivity contribution in [2.24, 2.45) is 0 Å². The molecule has 122 valence electrons. The van der Waals surface area contributed by atoms with Crippen LogP contribution in [0.5, 0.6) is 0 Å². The number of rotatable bonds is 4. The summed E-state index contributed by atoms with van der Waals surface area (Å²) in [6, 6.07) is 3.09. The van der Waals surface area contributed by atoms with Crippen molar-refractivity contribution in [2.45, 2.75) is 44.0 Å². The van der Waals surface area contributed by atoms with Crippen LogP contribution in [0.4, 0.5) is 4.39 Å². The van der Waals surface area contributed by atoms with Crippen molar-refractivity contribution in [1.82, 2.24) is 4.31 Å². The zero-order chi connectivity index (χ0) is 16.3. The van der Waals surface area contributed by atoms with E-state index in [1.807, 2.05) is 0 Å². The number of halogens is 1. The Kier molecular flexibility index (Phi) is 5.18. The van der Waals surface area contributed by atoms with Crippen molar-refractivity contribution >= 4 is 16.0 Å². The van der Waals surface area contributed by atoms with Gasteiger partial charge >= 0.3 is 5.97 Å². The van der Waals surface area contributed by atoms with Gasteiger partial charge in [0.1, 0.15) is 16.8 Å². The first kappa shape index (κ1) is 16.9. The molecule has 22 heavy (non-hydrogen) atoms. The van der Waals surface area contributed by atoms with Crippen molar-refractivity contribution in [3.05, 3.63) is 29.6 Å². The maximum absolute atomic E-state index is 14.1. The Hall–Kier alpha value is -1.47. The van der Waals surface area contributed by atoms with Crippen LogP contribution in [-0.2, 0) is 19.6 Å². The normalized spacial score (nSPS) is 19.9. The first-order valence-corrected chi connectivity index (χ1v) is 8.76. The lowest BCUT2D eigenvalue weighted by atomic mass is 10.1. The van der Waals surface area contributed by atoms with E-state index in [0.717, 1.165) is 10.7 Å². The Labute approximate surface area is 130 Å². The Morgan fingerprint density at radius 3 is 2.77 bits per heavy atom. The molecule has 0 amide bonds. The van der Waals surface area contributed by atoms with Gasteiger partial charge in [-0.1, -0.05) is 6.07 Å². The molecule has 0 saturated carbocycles. The number of benzene rings is 1. The number of carbonyl (C=O) groups is 1. The van der Waals surface area contributed by atoms with Crippen LogP contribution >= 0.6 is 0 Å². The summed E-state index contributed by atoms with van der Waals surface area (Å²) >= 11 is 0. The van der Waals surface area contributed by atoms with Crippen molar-refractivity contribution in [2.75, 3.05) is 13.2 Å². The van der Waals surface area contributed by atoms with Crippen LogP contribution in [0, 0.1) is 12.7 Å². The summed E-state index contributed by atoms with van der Waals surface area (Å²) in [7, 11) is -4.06. The SMILES string of the molecule is CCOC(=O)C1CCCCN1S(=O)(=O)c1ccc(C)cc1F. The van der Waals surface area contributed by atoms with Crippen molar-refractivity contribution in [3.63, 3.8) is 0 Å². The molecule has 0 N–H and O–H groups in total. The number of nitrogens with zero attached hydrogens (tertiary/aromatic N) is 1. The van der Waals surface area contributed by atoms with E-state index in [1.165, 1.54) is 12.1 Å². The second kappa shape index (κ2) is 6.75. The Morgan fingerprint density at radius 2 is 2.14 bits per heavy atom. The lowest BCUT2D eigenvalue weighted by molar-refractivity contribution is -0.148. The maximum atomic E-state index is 14.1. The molecule has 1 aliphatic heterocycles. The molecule has 1 atom stereocenters. The average Bonchev–Trinajstić information content (AvgIpc) is 2.47. The van der Waals surface area contributed by atoms with Gasteiger partial charge in [-0.2, -0.15) is 4.31 Å². The molecule has 1 fully saturated rings. The lowest BCUT2D eigenvalue weighted by Gasteiger charge is -2.33. The predicted octanol–water partition coefficient (Wildman–Crippen LogP) is 2.24. The van der Waals surface area contributed by atoms with Crippen molar-refractivity contribution in [3.8, 4) is 0 Å². The molecule has 1 aromatic rings. The van der Waals surface area contributed by atoms with E-state index < -0.39 is 32.7 Å². The number of aryl methyl sites for hydroxylation is 1. The third-order valence-electron chi connectivity index (χ3n) is 3.69. The number of hydrogen-bond donors (Lipinski definition) is 0. The molecule has 0 bridgehead atoms. The predicted molar refractivity (Wildman–Crippen MR) is 79.3 cm³/mol. The van der Waals surface area contributed by atoms with Gasteiger partial charge in [-0.05, 0) is 50.8 Å². The zero-order valence-corrected chi connectivity index (χ0v) is 13.5. The van der Waals surface area contributed by atoms with Gasteiger partial charge in [0.25, 0.3) is 0 Å². The number of hydrogen-bond acceptors (Lipinski definition) is 4. The number of ether oxygens (including phenoxy) is 1. The van der Waals surface area contributed by atoms with Crippen LogP contribution in [0.3, 0.4) is 0 Å². The second-order valence-electron chi connectivity index (χ2n) is 5.31. The van der Waals surface area contributed by atoms with Gasteiger partial charge < -0.3 is 4.74 Å². The summed E-state index contributed by atoms with van der Waals surface area (Å²) in [5, 5.41) is 0. The van der Waals surface area contributed by atoms with E-state index in [9.17, 15) is 17.6 Å². The molecule has 1 saturated heterocycles. The summed E-state index contributed by atoms with van der Waals surface area (Å²) < 4.78 is 45.5. The number of esters is 1. The third-order valence-corrected chi connectivity index (χ3v) is 5.63. The Bertz CT molecular complexity index is 660. The summed E-state index contributed by atoms with van der Waals surface area (Å²) in [5.41, 5.74) is 0.636. The van der Waals surface area contributed by atoms with Crippen LogP contribution in [-0.4, -0.2) is 37.9 Å². The molecule has 0 aromatic heterocycles. The minimum Gasteiger partial charge on any atom is -0.465 e. The molecule has 1 aromatic carbocycles. The Balaban J connectivity index is 2.38. The van der Waals surface area contributed by atoms with Crippen LogP contribution in [0.15, 0.2) is 23.1 Å². The molecule has 7 heteroatoms. The first-order chi connectivity index (χ1) is 10.4. The minimum atomic E-state index is -4.06. The molecule has 5 nitrogen and oxygen atoms in total. The second-order valence-corrected chi connectivity index (χ2v) is 7.17.